The summed E-state index contributed by atoms with van der Waals surface area (Å²) in [7, 11) is 0. The van der Waals surface area contributed by atoms with E-state index >= 15 is 0 Å². The van der Waals surface area contributed by atoms with E-state index in [4.69, 9.17) is 0 Å². The number of carbonyl (C=O) groups excluding carboxylic acids is 1. The number of nitrogens with zero attached hydrogens (tertiary/aromatic N) is 1. The predicted molar refractivity (Wildman–Crippen MR) is 69.9 cm³/mol. The molecule has 0 spiro atoms. The van der Waals surface area contributed by atoms with Crippen LogP contribution < -0.4 is 5.32 Å². The van der Waals surface area contributed by atoms with E-state index in [9.17, 15) is 9.18 Å². The summed E-state index contributed by atoms with van der Waals surface area (Å²) in [5, 5.41) is 2.87. The molecule has 4 heteroatoms. The van der Waals surface area contributed by atoms with Crippen LogP contribution in [0, 0.1) is 5.95 Å². The number of halogens is 1. The van der Waals surface area contributed by atoms with E-state index in [1.165, 1.54) is 31.5 Å². The average molecular weight is 252 g/mol. The first-order valence-corrected chi connectivity index (χ1v) is 6.56. The van der Waals surface area contributed by atoms with Gasteiger partial charge in [0.1, 0.15) is 0 Å². The Morgan fingerprint density at radius 2 is 2.22 bits per heavy atom. The van der Waals surface area contributed by atoms with E-state index in [-0.39, 0.29) is 11.9 Å². The number of hydrogen-bond acceptors (Lipinski definition) is 2. The van der Waals surface area contributed by atoms with Crippen LogP contribution in [0.15, 0.2) is 18.3 Å². The van der Waals surface area contributed by atoms with E-state index in [0.717, 1.165) is 18.9 Å². The van der Waals surface area contributed by atoms with E-state index in [1.54, 1.807) is 0 Å². The smallest absolute Gasteiger partial charge is 0.251 e. The summed E-state index contributed by atoms with van der Waals surface area (Å²) in [6.07, 6.45) is 7.00. The molecule has 1 aromatic rings. The van der Waals surface area contributed by atoms with Gasteiger partial charge in [-0.2, -0.15) is 4.39 Å². The lowest BCUT2D eigenvalue weighted by Crippen LogP contribution is -2.32. The van der Waals surface area contributed by atoms with Crippen molar-refractivity contribution in [3.8, 4) is 0 Å². The van der Waals surface area contributed by atoms with Crippen LogP contribution in [0.3, 0.4) is 0 Å². The third-order valence-electron chi connectivity index (χ3n) is 2.86. The van der Waals surface area contributed by atoms with Crippen LogP contribution in [0.5, 0.6) is 0 Å². The Kier molecular flexibility index (Phi) is 6.33. The minimum Gasteiger partial charge on any atom is -0.350 e. The van der Waals surface area contributed by atoms with Crippen LogP contribution >= 0.6 is 0 Å². The maximum atomic E-state index is 12.9. The van der Waals surface area contributed by atoms with Gasteiger partial charge in [-0.3, -0.25) is 4.79 Å². The highest BCUT2D eigenvalue weighted by Gasteiger charge is 2.10. The van der Waals surface area contributed by atoms with Gasteiger partial charge in [0.05, 0.1) is 0 Å². The topological polar surface area (TPSA) is 42.0 Å². The van der Waals surface area contributed by atoms with Gasteiger partial charge in [0.15, 0.2) is 0 Å². The summed E-state index contributed by atoms with van der Waals surface area (Å²) in [5.74, 6) is -0.863. The molecule has 1 N–H and O–H groups in total. The molecule has 1 atom stereocenters. The van der Waals surface area contributed by atoms with Crippen molar-refractivity contribution in [2.24, 2.45) is 0 Å². The molecule has 1 unspecified atom stereocenters. The molecule has 0 saturated carbocycles. The molecule has 0 saturated heterocycles. The molecule has 0 bridgehead atoms. The van der Waals surface area contributed by atoms with Crippen LogP contribution in [0.2, 0.25) is 0 Å². The number of amides is 1. The normalized spacial score (nSPS) is 12.2. The number of rotatable bonds is 7. The van der Waals surface area contributed by atoms with E-state index in [2.05, 4.69) is 17.2 Å². The van der Waals surface area contributed by atoms with Gasteiger partial charge in [0.25, 0.3) is 5.91 Å². The number of pyridine rings is 1. The predicted octanol–water partition coefficient (Wildman–Crippen LogP) is 3.31. The first-order valence-electron chi connectivity index (χ1n) is 6.56. The highest BCUT2D eigenvalue weighted by atomic mass is 19.1. The molecular formula is C14H21FN2O. The van der Waals surface area contributed by atoms with Crippen molar-refractivity contribution < 1.29 is 9.18 Å². The summed E-state index contributed by atoms with van der Waals surface area (Å²) in [5.41, 5.74) is 0.322. The van der Waals surface area contributed by atoms with E-state index in [1.807, 2.05) is 6.92 Å². The molecule has 0 radical (unpaired) electrons. The summed E-state index contributed by atoms with van der Waals surface area (Å²) >= 11 is 0. The van der Waals surface area contributed by atoms with Gasteiger partial charge < -0.3 is 5.32 Å². The largest absolute Gasteiger partial charge is 0.350 e. The lowest BCUT2D eigenvalue weighted by Gasteiger charge is -2.13. The number of carbonyl (C=O) groups is 1. The first-order chi connectivity index (χ1) is 8.63. The van der Waals surface area contributed by atoms with Crippen molar-refractivity contribution in [2.75, 3.05) is 0 Å². The molecule has 100 valence electrons. The van der Waals surface area contributed by atoms with Crippen molar-refractivity contribution in [1.82, 2.24) is 10.3 Å². The first kappa shape index (κ1) is 14.6. The van der Waals surface area contributed by atoms with Crippen molar-refractivity contribution in [3.05, 3.63) is 29.8 Å². The number of unbranched alkanes of at least 4 members (excludes halogenated alkanes) is 3. The third kappa shape index (κ3) is 5.25. The van der Waals surface area contributed by atoms with Crippen LogP contribution in [0.4, 0.5) is 4.39 Å². The van der Waals surface area contributed by atoms with Crippen LogP contribution in [-0.2, 0) is 0 Å². The van der Waals surface area contributed by atoms with E-state index < -0.39 is 5.95 Å². The lowest BCUT2D eigenvalue weighted by atomic mass is 10.1. The molecule has 1 aromatic heterocycles. The Morgan fingerprint density at radius 3 is 2.89 bits per heavy atom. The van der Waals surface area contributed by atoms with Gasteiger partial charge in [-0.1, -0.05) is 32.6 Å². The average Bonchev–Trinajstić information content (AvgIpc) is 2.34. The van der Waals surface area contributed by atoms with Crippen LogP contribution in [0.25, 0.3) is 0 Å². The molecule has 0 aliphatic heterocycles. The quantitative estimate of drug-likeness (QED) is 0.597. The Hall–Kier alpha value is -1.45. The van der Waals surface area contributed by atoms with E-state index in [0.29, 0.717) is 5.56 Å². The fourth-order valence-electron chi connectivity index (χ4n) is 1.80. The fourth-order valence-corrected chi connectivity index (χ4v) is 1.80. The summed E-state index contributed by atoms with van der Waals surface area (Å²) < 4.78 is 12.9. The molecule has 0 aliphatic carbocycles. The molecule has 3 nitrogen and oxygen atoms in total. The monoisotopic (exact) mass is 252 g/mol. The Bertz CT molecular complexity index is 382. The number of aromatic nitrogens is 1. The molecule has 0 aliphatic rings. The molecule has 0 fully saturated rings. The fraction of sp³-hybridized carbons (Fsp3) is 0.571. The van der Waals surface area contributed by atoms with Gasteiger partial charge in [0.2, 0.25) is 5.95 Å². The zero-order valence-corrected chi connectivity index (χ0v) is 11.1. The molecular weight excluding hydrogens is 231 g/mol. The standard InChI is InChI=1S/C14H21FN2O/c1-3-4-5-6-7-11(2)17-14(18)12-8-9-16-13(15)10-12/h8-11H,3-7H2,1-2H3,(H,17,18). The second-order valence-corrected chi connectivity index (χ2v) is 4.59. The third-order valence-corrected chi connectivity index (χ3v) is 2.86. The summed E-state index contributed by atoms with van der Waals surface area (Å²) in [6.45, 7) is 4.14. The van der Waals surface area contributed by atoms with Gasteiger partial charge in [-0.15, -0.1) is 0 Å². The van der Waals surface area contributed by atoms with Crippen molar-refractivity contribution in [3.63, 3.8) is 0 Å². The summed E-state index contributed by atoms with van der Waals surface area (Å²) in [6, 6.07) is 2.78. The molecule has 1 heterocycles. The second kappa shape index (κ2) is 7.80. The number of nitrogens with one attached hydrogen (secondary N) is 1. The molecule has 1 rings (SSSR count). The highest BCUT2D eigenvalue weighted by Crippen LogP contribution is 2.06. The SMILES string of the molecule is CCCCCCC(C)NC(=O)c1ccnc(F)c1. The Balaban J connectivity index is 2.35. The zero-order valence-electron chi connectivity index (χ0n) is 11.1. The second-order valence-electron chi connectivity index (χ2n) is 4.59. The molecule has 18 heavy (non-hydrogen) atoms. The minimum atomic E-state index is -0.627. The maximum Gasteiger partial charge on any atom is 0.251 e. The summed E-state index contributed by atoms with van der Waals surface area (Å²) in [4.78, 5) is 15.2. The maximum absolute atomic E-state index is 12.9. The minimum absolute atomic E-state index is 0.116. The van der Waals surface area contributed by atoms with Crippen molar-refractivity contribution in [1.29, 1.82) is 0 Å². The van der Waals surface area contributed by atoms with Crippen molar-refractivity contribution in [2.45, 2.75) is 52.0 Å². The van der Waals surface area contributed by atoms with Gasteiger partial charge in [-0.25, -0.2) is 4.98 Å². The lowest BCUT2D eigenvalue weighted by molar-refractivity contribution is 0.0937. The molecule has 1 amide bonds. The van der Waals surface area contributed by atoms with Crippen molar-refractivity contribution >= 4 is 5.91 Å². The van der Waals surface area contributed by atoms with Crippen LogP contribution in [0.1, 0.15) is 56.3 Å². The van der Waals surface area contributed by atoms with Gasteiger partial charge >= 0.3 is 0 Å². The van der Waals surface area contributed by atoms with Crippen LogP contribution in [-0.4, -0.2) is 16.9 Å². The van der Waals surface area contributed by atoms with Gasteiger partial charge in [0, 0.05) is 23.9 Å². The zero-order chi connectivity index (χ0) is 13.4. The van der Waals surface area contributed by atoms with Gasteiger partial charge in [-0.05, 0) is 19.4 Å². The molecule has 0 aromatic carbocycles. The Labute approximate surface area is 108 Å². The number of hydrogen-bond donors (Lipinski definition) is 1. The Morgan fingerprint density at radius 1 is 1.44 bits per heavy atom. The highest BCUT2D eigenvalue weighted by molar-refractivity contribution is 5.94.